The van der Waals surface area contributed by atoms with E-state index in [9.17, 15) is 18.0 Å². The molecule has 1 N–H and O–H groups in total. The number of carboxylic acid groups (broad SMARTS) is 1. The molecular weight excluding hydrogens is 347 g/mol. The highest BCUT2D eigenvalue weighted by molar-refractivity contribution is 5.84. The van der Waals surface area contributed by atoms with Crippen LogP contribution in [0.25, 0.3) is 5.57 Å². The second-order valence-corrected chi connectivity index (χ2v) is 5.04. The van der Waals surface area contributed by atoms with Gasteiger partial charge in [-0.2, -0.15) is 5.26 Å². The monoisotopic (exact) mass is 359 g/mol. The van der Waals surface area contributed by atoms with Gasteiger partial charge in [0.15, 0.2) is 0 Å². The summed E-state index contributed by atoms with van der Waals surface area (Å²) in [5.74, 6) is -1.51. The van der Waals surface area contributed by atoms with E-state index < -0.39 is 12.3 Å². The Hall–Kier alpha value is -3.53. The number of hydrogen-bond acceptors (Lipinski definition) is 3. The lowest BCUT2D eigenvalue weighted by molar-refractivity contribution is -0.274. The fraction of sp³-hybridized carbons (Fsp3) is 0.0526. The number of hydrogen-bond donors (Lipinski definition) is 1. The van der Waals surface area contributed by atoms with Crippen LogP contribution in [0.15, 0.2) is 66.8 Å². The molecule has 0 saturated carbocycles. The van der Waals surface area contributed by atoms with E-state index in [1.165, 1.54) is 24.3 Å². The van der Waals surface area contributed by atoms with Crippen molar-refractivity contribution in [2.75, 3.05) is 0 Å². The largest absolute Gasteiger partial charge is 0.573 e. The maximum Gasteiger partial charge on any atom is 0.573 e. The minimum atomic E-state index is -4.79. The number of benzene rings is 2. The van der Waals surface area contributed by atoms with E-state index in [2.05, 4.69) is 4.74 Å². The Morgan fingerprint density at radius 2 is 1.81 bits per heavy atom. The number of rotatable bonds is 5. The molecular formula is C19H12F3NO3. The number of halogens is 3. The van der Waals surface area contributed by atoms with Crippen LogP contribution in [-0.2, 0) is 4.79 Å². The molecule has 0 fully saturated rings. The summed E-state index contributed by atoms with van der Waals surface area (Å²) in [5, 5.41) is 17.7. The lowest BCUT2D eigenvalue weighted by atomic mass is 9.96. The normalized spacial score (nSPS) is 12.0. The Morgan fingerprint density at radius 3 is 2.38 bits per heavy atom. The standard InChI is InChI=1S/C19H12F3NO3/c20-19(21,22)26-16-9-7-14(8-10-16)17(5-2-6-18(24)25)15-4-1-3-13(11-15)12-23/h1-11H,(H,24,25)/b6-2+,17-5-. The molecule has 2 aromatic rings. The number of carbonyl (C=O) groups is 1. The predicted octanol–water partition coefficient (Wildman–Crippen LogP) is 4.53. The quantitative estimate of drug-likeness (QED) is 0.629. The van der Waals surface area contributed by atoms with E-state index >= 15 is 0 Å². The number of nitrogens with zero attached hydrogens (tertiary/aromatic N) is 1. The van der Waals surface area contributed by atoms with Crippen molar-refractivity contribution in [3.63, 3.8) is 0 Å². The van der Waals surface area contributed by atoms with Crippen LogP contribution >= 0.6 is 0 Å². The Kier molecular flexibility index (Phi) is 5.81. The molecule has 2 aromatic carbocycles. The Labute approximate surface area is 147 Å². The molecule has 0 spiro atoms. The number of alkyl halides is 3. The third-order valence-electron chi connectivity index (χ3n) is 3.20. The zero-order valence-corrected chi connectivity index (χ0v) is 13.2. The SMILES string of the molecule is N#Cc1cccc(/C(=C\C=C\C(=O)O)c2ccc(OC(F)(F)F)cc2)c1. The van der Waals surface area contributed by atoms with Gasteiger partial charge in [-0.3, -0.25) is 0 Å². The van der Waals surface area contributed by atoms with Crippen LogP contribution in [0.2, 0.25) is 0 Å². The van der Waals surface area contributed by atoms with Crippen LogP contribution in [0.4, 0.5) is 13.2 Å². The highest BCUT2D eigenvalue weighted by atomic mass is 19.4. The van der Waals surface area contributed by atoms with Gasteiger partial charge in [0.05, 0.1) is 11.6 Å². The molecule has 4 nitrogen and oxygen atoms in total. The zero-order chi connectivity index (χ0) is 19.2. The van der Waals surface area contributed by atoms with E-state index in [0.29, 0.717) is 22.3 Å². The summed E-state index contributed by atoms with van der Waals surface area (Å²) in [7, 11) is 0. The molecule has 0 amide bonds. The first-order valence-electron chi connectivity index (χ1n) is 7.26. The summed E-state index contributed by atoms with van der Waals surface area (Å²) in [6.07, 6.45) is -1.05. The Morgan fingerprint density at radius 1 is 1.12 bits per heavy atom. The van der Waals surface area contributed by atoms with Crippen LogP contribution in [0.3, 0.4) is 0 Å². The molecule has 2 rings (SSSR count). The lowest BCUT2D eigenvalue weighted by Crippen LogP contribution is -2.17. The first-order valence-corrected chi connectivity index (χ1v) is 7.26. The van der Waals surface area contributed by atoms with E-state index in [1.807, 2.05) is 6.07 Å². The molecule has 0 bridgehead atoms. The molecule has 0 saturated heterocycles. The molecule has 26 heavy (non-hydrogen) atoms. The average Bonchev–Trinajstić information content (AvgIpc) is 2.58. The number of nitriles is 1. The van der Waals surface area contributed by atoms with E-state index in [-0.39, 0.29) is 5.75 Å². The van der Waals surface area contributed by atoms with Gasteiger partial charge in [0.1, 0.15) is 5.75 Å². The van der Waals surface area contributed by atoms with Crippen molar-refractivity contribution in [3.05, 3.63) is 83.4 Å². The van der Waals surface area contributed by atoms with Crippen molar-refractivity contribution < 1.29 is 27.8 Å². The van der Waals surface area contributed by atoms with Crippen molar-refractivity contribution >= 4 is 11.5 Å². The van der Waals surface area contributed by atoms with Crippen molar-refractivity contribution in [3.8, 4) is 11.8 Å². The zero-order valence-electron chi connectivity index (χ0n) is 13.2. The van der Waals surface area contributed by atoms with Crippen molar-refractivity contribution in [1.29, 1.82) is 5.26 Å². The second kappa shape index (κ2) is 8.03. The summed E-state index contributed by atoms with van der Waals surface area (Å²) >= 11 is 0. The van der Waals surface area contributed by atoms with Gasteiger partial charge in [-0.25, -0.2) is 4.79 Å². The first-order chi connectivity index (χ1) is 12.3. The highest BCUT2D eigenvalue weighted by Gasteiger charge is 2.30. The van der Waals surface area contributed by atoms with Crippen LogP contribution < -0.4 is 4.74 Å². The molecule has 0 radical (unpaired) electrons. The third-order valence-corrected chi connectivity index (χ3v) is 3.20. The molecule has 7 heteroatoms. The van der Waals surface area contributed by atoms with Crippen LogP contribution in [0.5, 0.6) is 5.75 Å². The number of allylic oxidation sites excluding steroid dienone is 2. The fourth-order valence-corrected chi connectivity index (χ4v) is 2.18. The van der Waals surface area contributed by atoms with Crippen LogP contribution in [0, 0.1) is 11.3 Å². The number of aliphatic carboxylic acids is 1. The average molecular weight is 359 g/mol. The van der Waals surface area contributed by atoms with Crippen molar-refractivity contribution in [2.45, 2.75) is 6.36 Å². The van der Waals surface area contributed by atoms with Crippen molar-refractivity contribution in [1.82, 2.24) is 0 Å². The molecule has 0 aliphatic rings. The van der Waals surface area contributed by atoms with Gasteiger partial charge in [-0.05, 0) is 41.0 Å². The summed E-state index contributed by atoms with van der Waals surface area (Å²) in [6.45, 7) is 0. The van der Waals surface area contributed by atoms with Gasteiger partial charge >= 0.3 is 12.3 Å². The number of ether oxygens (including phenoxy) is 1. The maximum atomic E-state index is 12.3. The van der Waals surface area contributed by atoms with E-state index in [4.69, 9.17) is 10.4 Å². The minimum Gasteiger partial charge on any atom is -0.478 e. The summed E-state index contributed by atoms with van der Waals surface area (Å²) in [5.41, 5.74) is 2.08. The van der Waals surface area contributed by atoms with Crippen LogP contribution in [-0.4, -0.2) is 17.4 Å². The Bertz CT molecular complexity index is 891. The van der Waals surface area contributed by atoms with Gasteiger partial charge in [0, 0.05) is 6.08 Å². The molecule has 0 aliphatic carbocycles. The third kappa shape index (κ3) is 5.53. The summed E-state index contributed by atoms with van der Waals surface area (Å²) in [4.78, 5) is 10.6. The molecule has 0 atom stereocenters. The second-order valence-electron chi connectivity index (χ2n) is 5.04. The highest BCUT2D eigenvalue weighted by Crippen LogP contribution is 2.28. The smallest absolute Gasteiger partial charge is 0.478 e. The van der Waals surface area contributed by atoms with Gasteiger partial charge in [-0.1, -0.05) is 36.4 Å². The molecule has 0 heterocycles. The molecule has 132 valence electrons. The van der Waals surface area contributed by atoms with E-state index in [1.54, 1.807) is 24.3 Å². The maximum absolute atomic E-state index is 12.3. The van der Waals surface area contributed by atoms with Gasteiger partial charge in [-0.15, -0.1) is 13.2 Å². The van der Waals surface area contributed by atoms with Crippen LogP contribution in [0.1, 0.15) is 16.7 Å². The number of carboxylic acids is 1. The topological polar surface area (TPSA) is 70.3 Å². The summed E-state index contributed by atoms with van der Waals surface area (Å²) in [6, 6.07) is 13.7. The molecule has 0 unspecified atom stereocenters. The van der Waals surface area contributed by atoms with Gasteiger partial charge in [0.2, 0.25) is 0 Å². The minimum absolute atomic E-state index is 0.368. The molecule has 0 aromatic heterocycles. The summed E-state index contributed by atoms with van der Waals surface area (Å²) < 4.78 is 40.6. The lowest BCUT2D eigenvalue weighted by Gasteiger charge is -2.11. The van der Waals surface area contributed by atoms with Crippen molar-refractivity contribution in [2.24, 2.45) is 0 Å². The van der Waals surface area contributed by atoms with E-state index in [0.717, 1.165) is 18.2 Å². The van der Waals surface area contributed by atoms with Gasteiger partial charge < -0.3 is 9.84 Å². The first kappa shape index (κ1) is 18.8. The molecule has 0 aliphatic heterocycles. The Balaban J connectivity index is 2.44. The fourth-order valence-electron chi connectivity index (χ4n) is 2.18. The van der Waals surface area contributed by atoms with Gasteiger partial charge in [0.25, 0.3) is 0 Å². The predicted molar refractivity (Wildman–Crippen MR) is 88.1 cm³/mol.